The SMILES string of the molecule is COc1ccc(NC(CO)C2CCOCC2)cc1. The van der Waals surface area contributed by atoms with E-state index in [0.717, 1.165) is 37.5 Å². The Balaban J connectivity index is 1.95. The van der Waals surface area contributed by atoms with Crippen LogP contribution in [0.15, 0.2) is 24.3 Å². The zero-order chi connectivity index (χ0) is 12.8. The molecular weight excluding hydrogens is 230 g/mol. The molecule has 0 amide bonds. The molecule has 4 heteroatoms. The van der Waals surface area contributed by atoms with E-state index < -0.39 is 0 Å². The van der Waals surface area contributed by atoms with E-state index in [-0.39, 0.29) is 12.6 Å². The first-order chi connectivity index (χ1) is 8.83. The van der Waals surface area contributed by atoms with Gasteiger partial charge in [0.25, 0.3) is 0 Å². The van der Waals surface area contributed by atoms with Gasteiger partial charge in [-0.05, 0) is 43.0 Å². The number of rotatable bonds is 5. The molecule has 1 aliphatic rings. The van der Waals surface area contributed by atoms with E-state index >= 15 is 0 Å². The monoisotopic (exact) mass is 251 g/mol. The predicted molar refractivity (Wildman–Crippen MR) is 71.0 cm³/mol. The number of anilines is 1. The van der Waals surface area contributed by atoms with Gasteiger partial charge in [-0.2, -0.15) is 0 Å². The summed E-state index contributed by atoms with van der Waals surface area (Å²) in [4.78, 5) is 0. The minimum atomic E-state index is 0.0993. The number of nitrogens with one attached hydrogen (secondary N) is 1. The maximum atomic E-state index is 9.51. The van der Waals surface area contributed by atoms with Gasteiger partial charge in [0.05, 0.1) is 19.8 Å². The number of hydrogen-bond acceptors (Lipinski definition) is 4. The van der Waals surface area contributed by atoms with Crippen molar-refractivity contribution in [1.82, 2.24) is 0 Å². The highest BCUT2D eigenvalue weighted by Gasteiger charge is 2.23. The zero-order valence-electron chi connectivity index (χ0n) is 10.8. The van der Waals surface area contributed by atoms with Crippen molar-refractivity contribution in [2.75, 3.05) is 32.2 Å². The third-order valence-electron chi connectivity index (χ3n) is 3.47. The Morgan fingerprint density at radius 1 is 1.33 bits per heavy atom. The Hall–Kier alpha value is -1.26. The Kier molecular flexibility index (Phi) is 4.84. The normalized spacial score (nSPS) is 18.3. The second kappa shape index (κ2) is 6.61. The molecule has 18 heavy (non-hydrogen) atoms. The molecule has 2 N–H and O–H groups in total. The molecule has 100 valence electrons. The summed E-state index contributed by atoms with van der Waals surface area (Å²) in [6, 6.07) is 7.88. The minimum Gasteiger partial charge on any atom is -0.497 e. The van der Waals surface area contributed by atoms with Gasteiger partial charge in [0.2, 0.25) is 0 Å². The van der Waals surface area contributed by atoms with Gasteiger partial charge >= 0.3 is 0 Å². The van der Waals surface area contributed by atoms with Crippen molar-refractivity contribution in [2.45, 2.75) is 18.9 Å². The predicted octanol–water partition coefficient (Wildman–Crippen LogP) is 1.89. The van der Waals surface area contributed by atoms with Gasteiger partial charge in [0.15, 0.2) is 0 Å². The summed E-state index contributed by atoms with van der Waals surface area (Å²) < 4.78 is 10.5. The van der Waals surface area contributed by atoms with Crippen molar-refractivity contribution in [3.63, 3.8) is 0 Å². The lowest BCUT2D eigenvalue weighted by Crippen LogP contribution is -2.36. The van der Waals surface area contributed by atoms with Crippen LogP contribution in [0.5, 0.6) is 5.75 Å². The number of aliphatic hydroxyl groups excluding tert-OH is 1. The van der Waals surface area contributed by atoms with Crippen LogP contribution >= 0.6 is 0 Å². The third-order valence-corrected chi connectivity index (χ3v) is 3.47. The molecule has 0 aliphatic carbocycles. The van der Waals surface area contributed by atoms with E-state index in [0.29, 0.717) is 5.92 Å². The molecule has 4 nitrogen and oxygen atoms in total. The number of methoxy groups -OCH3 is 1. The molecule has 0 radical (unpaired) electrons. The highest BCUT2D eigenvalue weighted by molar-refractivity contribution is 5.47. The lowest BCUT2D eigenvalue weighted by molar-refractivity contribution is 0.0534. The molecule has 0 aromatic heterocycles. The van der Waals surface area contributed by atoms with Gasteiger partial charge in [0, 0.05) is 18.9 Å². The van der Waals surface area contributed by atoms with Crippen molar-refractivity contribution in [1.29, 1.82) is 0 Å². The van der Waals surface area contributed by atoms with E-state index in [4.69, 9.17) is 9.47 Å². The fraction of sp³-hybridized carbons (Fsp3) is 0.571. The average molecular weight is 251 g/mol. The van der Waals surface area contributed by atoms with E-state index in [1.165, 1.54) is 0 Å². The molecule has 0 bridgehead atoms. The Bertz CT molecular complexity index is 347. The van der Waals surface area contributed by atoms with Gasteiger partial charge in [-0.1, -0.05) is 0 Å². The van der Waals surface area contributed by atoms with Crippen LogP contribution in [0.4, 0.5) is 5.69 Å². The topological polar surface area (TPSA) is 50.7 Å². The van der Waals surface area contributed by atoms with Crippen LogP contribution in [0.25, 0.3) is 0 Å². The maximum Gasteiger partial charge on any atom is 0.119 e. The molecule has 1 aliphatic heterocycles. The molecule has 1 aromatic rings. The third kappa shape index (κ3) is 3.37. The molecule has 2 rings (SSSR count). The first-order valence-corrected chi connectivity index (χ1v) is 6.42. The lowest BCUT2D eigenvalue weighted by Gasteiger charge is -2.30. The summed E-state index contributed by atoms with van der Waals surface area (Å²) in [6.45, 7) is 1.74. The van der Waals surface area contributed by atoms with Gasteiger partial charge in [-0.25, -0.2) is 0 Å². The maximum absolute atomic E-state index is 9.51. The van der Waals surface area contributed by atoms with E-state index in [2.05, 4.69) is 5.32 Å². The summed E-state index contributed by atoms with van der Waals surface area (Å²) in [7, 11) is 1.65. The largest absolute Gasteiger partial charge is 0.497 e. The molecule has 1 fully saturated rings. The van der Waals surface area contributed by atoms with Crippen LogP contribution in [0, 0.1) is 5.92 Å². The van der Waals surface area contributed by atoms with E-state index in [1.54, 1.807) is 7.11 Å². The summed E-state index contributed by atoms with van der Waals surface area (Å²) in [6.07, 6.45) is 2.02. The fourth-order valence-corrected chi connectivity index (χ4v) is 2.33. The van der Waals surface area contributed by atoms with E-state index in [9.17, 15) is 5.11 Å². The Labute approximate surface area is 108 Å². The average Bonchev–Trinajstić information content (AvgIpc) is 2.46. The van der Waals surface area contributed by atoms with Gasteiger partial charge < -0.3 is 19.9 Å². The fourth-order valence-electron chi connectivity index (χ4n) is 2.33. The first-order valence-electron chi connectivity index (χ1n) is 6.42. The number of benzene rings is 1. The van der Waals surface area contributed by atoms with Crippen LogP contribution < -0.4 is 10.1 Å². The van der Waals surface area contributed by atoms with Crippen LogP contribution in [0.3, 0.4) is 0 Å². The number of ether oxygens (including phenoxy) is 2. The highest BCUT2D eigenvalue weighted by Crippen LogP contribution is 2.23. The van der Waals surface area contributed by atoms with Crippen molar-refractivity contribution in [3.8, 4) is 5.75 Å². The van der Waals surface area contributed by atoms with Crippen LogP contribution in [-0.2, 0) is 4.74 Å². The smallest absolute Gasteiger partial charge is 0.119 e. The first kappa shape index (κ1) is 13.2. The number of hydrogen-bond donors (Lipinski definition) is 2. The quantitative estimate of drug-likeness (QED) is 0.839. The van der Waals surface area contributed by atoms with Crippen molar-refractivity contribution < 1.29 is 14.6 Å². The van der Waals surface area contributed by atoms with Crippen LogP contribution in [-0.4, -0.2) is 38.1 Å². The van der Waals surface area contributed by atoms with Crippen molar-refractivity contribution in [2.24, 2.45) is 5.92 Å². The molecule has 1 saturated heterocycles. The van der Waals surface area contributed by atoms with Crippen molar-refractivity contribution >= 4 is 5.69 Å². The zero-order valence-corrected chi connectivity index (χ0v) is 10.8. The Morgan fingerprint density at radius 3 is 2.56 bits per heavy atom. The van der Waals surface area contributed by atoms with Crippen LogP contribution in [0.1, 0.15) is 12.8 Å². The number of aliphatic hydroxyl groups is 1. The summed E-state index contributed by atoms with van der Waals surface area (Å²) in [5, 5.41) is 12.9. The standard InChI is InChI=1S/C14H21NO3/c1-17-13-4-2-12(3-5-13)15-14(10-16)11-6-8-18-9-7-11/h2-5,11,14-16H,6-10H2,1H3. The molecule has 1 atom stereocenters. The molecule has 0 saturated carbocycles. The van der Waals surface area contributed by atoms with Crippen molar-refractivity contribution in [3.05, 3.63) is 24.3 Å². The molecule has 1 unspecified atom stereocenters. The minimum absolute atomic E-state index is 0.0993. The molecule has 1 heterocycles. The molecular formula is C14H21NO3. The summed E-state index contributed by atoms with van der Waals surface area (Å²) in [5.41, 5.74) is 1.02. The molecule has 1 aromatic carbocycles. The van der Waals surface area contributed by atoms with Crippen LogP contribution in [0.2, 0.25) is 0 Å². The second-order valence-corrected chi connectivity index (χ2v) is 4.61. The summed E-state index contributed by atoms with van der Waals surface area (Å²) >= 11 is 0. The lowest BCUT2D eigenvalue weighted by atomic mass is 9.92. The van der Waals surface area contributed by atoms with Gasteiger partial charge in [-0.3, -0.25) is 0 Å². The van der Waals surface area contributed by atoms with Gasteiger partial charge in [0.1, 0.15) is 5.75 Å². The second-order valence-electron chi connectivity index (χ2n) is 4.61. The van der Waals surface area contributed by atoms with Gasteiger partial charge in [-0.15, -0.1) is 0 Å². The highest BCUT2D eigenvalue weighted by atomic mass is 16.5. The van der Waals surface area contributed by atoms with E-state index in [1.807, 2.05) is 24.3 Å². The Morgan fingerprint density at radius 2 is 2.00 bits per heavy atom. The molecule has 0 spiro atoms. The summed E-state index contributed by atoms with van der Waals surface area (Å²) in [5.74, 6) is 1.32.